The van der Waals surface area contributed by atoms with Crippen LogP contribution in [0.4, 0.5) is 0 Å². The van der Waals surface area contributed by atoms with Gasteiger partial charge in [-0.05, 0) is 0 Å². The number of quaternary nitrogens is 1. The Kier molecular flexibility index (Phi) is 2.65. The maximum absolute atomic E-state index is 9.00. The van der Waals surface area contributed by atoms with Gasteiger partial charge in [-0.15, -0.1) is 0 Å². The largest absolute Gasteiger partial charge is 0.481 e. The van der Waals surface area contributed by atoms with E-state index in [-0.39, 0.29) is 0 Å². The molecule has 3 nitrogen and oxygen atoms in total. The minimum atomic E-state index is -0.833. The normalized spacial score (nSPS) is 19.4. The van der Waals surface area contributed by atoms with Crippen molar-refractivity contribution in [3.63, 3.8) is 0 Å². The van der Waals surface area contributed by atoms with Gasteiger partial charge in [0.25, 0.3) is 5.97 Å². The molecular weight excluding hydrogens is 118 g/mol. The third-order valence-corrected chi connectivity index (χ3v) is 1.12. The molecule has 0 aliphatic carbocycles. The number of carbonyl (C=O) groups is 1. The van der Waals surface area contributed by atoms with E-state index >= 15 is 0 Å². The van der Waals surface area contributed by atoms with Crippen molar-refractivity contribution in [3.8, 4) is 0 Å². The van der Waals surface area contributed by atoms with E-state index in [1.807, 2.05) is 0 Å². The fourth-order valence-electron chi connectivity index (χ4n) is 0.200. The highest BCUT2D eigenvalue weighted by Crippen LogP contribution is 2.09. The first-order valence-corrected chi connectivity index (χ1v) is 2.95. The fraction of sp³-hybridized carbons (Fsp3) is 0.833. The maximum atomic E-state index is 9.00. The van der Waals surface area contributed by atoms with Gasteiger partial charge in [-0.1, -0.05) is 0 Å². The molecule has 0 unspecified atom stereocenters. The summed E-state index contributed by atoms with van der Waals surface area (Å²) in [6.07, 6.45) is 0. The van der Waals surface area contributed by atoms with Gasteiger partial charge in [-0.25, -0.2) is 0 Å². The molecule has 0 aromatic carbocycles. The van der Waals surface area contributed by atoms with Gasteiger partial charge in [-0.2, -0.15) is 0 Å². The van der Waals surface area contributed by atoms with Gasteiger partial charge < -0.3 is 9.59 Å². The molecule has 9 heavy (non-hydrogen) atoms. The molecule has 3 heteroatoms. The van der Waals surface area contributed by atoms with Crippen LogP contribution in [0.5, 0.6) is 0 Å². The average Bonchev–Trinajstić information content (AvgIpc) is 2.16. The van der Waals surface area contributed by atoms with Crippen LogP contribution in [0.3, 0.4) is 0 Å². The Balaban J connectivity index is 0.000000148. The van der Waals surface area contributed by atoms with E-state index in [1.54, 1.807) is 0 Å². The highest BCUT2D eigenvalue weighted by atomic mass is 16.4. The predicted octanol–water partition coefficient (Wildman–Crippen LogP) is 0.167. The van der Waals surface area contributed by atoms with E-state index in [4.69, 9.17) is 9.90 Å². The lowest BCUT2D eigenvalue weighted by molar-refractivity contribution is -0.753. The predicted molar refractivity (Wildman–Crippen MR) is 35.2 cm³/mol. The molecule has 1 saturated heterocycles. The lowest BCUT2D eigenvalue weighted by atomic mass is 10.9. The molecule has 0 aromatic heterocycles. The van der Waals surface area contributed by atoms with Crippen LogP contribution in [0.15, 0.2) is 0 Å². The third kappa shape index (κ3) is 11.2. The van der Waals surface area contributed by atoms with Crippen LogP contribution in [-0.2, 0) is 4.79 Å². The molecular formula is C6H14NO2+. The molecule has 54 valence electrons. The second-order valence-electron chi connectivity index (χ2n) is 2.90. The molecule has 0 radical (unpaired) electrons. The number of hydrogen-bond acceptors (Lipinski definition) is 1. The SMILES string of the molecule is CC(=O)O.C[N+]1(C)CC1. The Morgan fingerprint density at radius 1 is 1.44 bits per heavy atom. The smallest absolute Gasteiger partial charge is 0.300 e. The van der Waals surface area contributed by atoms with Gasteiger partial charge in [-0.3, -0.25) is 4.79 Å². The topological polar surface area (TPSA) is 37.3 Å². The highest BCUT2D eigenvalue weighted by molar-refractivity contribution is 5.62. The van der Waals surface area contributed by atoms with Crippen LogP contribution < -0.4 is 0 Å². The molecule has 0 atom stereocenters. The van der Waals surface area contributed by atoms with Crippen molar-refractivity contribution in [3.05, 3.63) is 0 Å². The third-order valence-electron chi connectivity index (χ3n) is 1.12. The van der Waals surface area contributed by atoms with E-state index in [1.165, 1.54) is 17.6 Å². The first-order chi connectivity index (χ1) is 3.94. The Morgan fingerprint density at radius 2 is 1.56 bits per heavy atom. The number of likely N-dealkylation sites (N-methyl/N-ethyl adjacent to an activating group) is 1. The number of rotatable bonds is 0. The summed E-state index contributed by atoms with van der Waals surface area (Å²) >= 11 is 0. The summed E-state index contributed by atoms with van der Waals surface area (Å²) < 4.78 is 1.25. The van der Waals surface area contributed by atoms with Gasteiger partial charge in [0.05, 0.1) is 14.1 Å². The quantitative estimate of drug-likeness (QED) is 0.377. The van der Waals surface area contributed by atoms with E-state index in [2.05, 4.69) is 14.1 Å². The zero-order valence-electron chi connectivity index (χ0n) is 6.22. The van der Waals surface area contributed by atoms with Gasteiger partial charge >= 0.3 is 0 Å². The zero-order chi connectivity index (χ0) is 7.49. The van der Waals surface area contributed by atoms with E-state index in [0.717, 1.165) is 6.92 Å². The Labute approximate surface area is 55.5 Å². The van der Waals surface area contributed by atoms with Crippen LogP contribution in [0.1, 0.15) is 6.92 Å². The molecule has 1 aliphatic heterocycles. The first kappa shape index (κ1) is 8.43. The van der Waals surface area contributed by atoms with Crippen molar-refractivity contribution in [2.75, 3.05) is 27.2 Å². The summed E-state index contributed by atoms with van der Waals surface area (Å²) in [6, 6.07) is 0. The van der Waals surface area contributed by atoms with Crippen molar-refractivity contribution < 1.29 is 14.4 Å². The Hall–Kier alpha value is -0.570. The van der Waals surface area contributed by atoms with Crippen LogP contribution in [-0.4, -0.2) is 42.7 Å². The second-order valence-corrected chi connectivity index (χ2v) is 2.90. The monoisotopic (exact) mass is 132 g/mol. The minimum absolute atomic E-state index is 0.833. The Bertz CT molecular complexity index is 99.6. The van der Waals surface area contributed by atoms with Gasteiger partial charge in [0.1, 0.15) is 13.1 Å². The zero-order valence-corrected chi connectivity index (χ0v) is 6.22. The average molecular weight is 132 g/mol. The number of carboxylic acid groups (broad SMARTS) is 1. The van der Waals surface area contributed by atoms with Crippen LogP contribution >= 0.6 is 0 Å². The number of aliphatic carboxylic acids is 1. The lowest BCUT2D eigenvalue weighted by Gasteiger charge is -1.95. The first-order valence-electron chi connectivity index (χ1n) is 2.95. The summed E-state index contributed by atoms with van der Waals surface area (Å²) in [5.41, 5.74) is 0. The van der Waals surface area contributed by atoms with Crippen molar-refractivity contribution >= 4 is 5.97 Å². The highest BCUT2D eigenvalue weighted by Gasteiger charge is 2.30. The van der Waals surface area contributed by atoms with E-state index < -0.39 is 5.97 Å². The van der Waals surface area contributed by atoms with E-state index in [0.29, 0.717) is 0 Å². The molecule has 1 heterocycles. The number of carboxylic acids is 1. The van der Waals surface area contributed by atoms with Gasteiger partial charge in [0.15, 0.2) is 0 Å². The second kappa shape index (κ2) is 2.82. The number of nitrogens with zero attached hydrogens (tertiary/aromatic N) is 1. The van der Waals surface area contributed by atoms with Crippen molar-refractivity contribution in [2.24, 2.45) is 0 Å². The van der Waals surface area contributed by atoms with Gasteiger partial charge in [0, 0.05) is 6.92 Å². The van der Waals surface area contributed by atoms with E-state index in [9.17, 15) is 0 Å². The Morgan fingerprint density at radius 3 is 1.56 bits per heavy atom. The summed E-state index contributed by atoms with van der Waals surface area (Å²) in [5.74, 6) is -0.833. The van der Waals surface area contributed by atoms with Crippen LogP contribution in [0.25, 0.3) is 0 Å². The van der Waals surface area contributed by atoms with Crippen LogP contribution in [0, 0.1) is 0 Å². The molecule has 0 saturated carbocycles. The molecule has 0 bridgehead atoms. The summed E-state index contributed by atoms with van der Waals surface area (Å²) in [5, 5.41) is 7.42. The summed E-state index contributed by atoms with van der Waals surface area (Å²) in [4.78, 5) is 9.00. The summed E-state index contributed by atoms with van der Waals surface area (Å²) in [6.45, 7) is 3.86. The molecule has 0 spiro atoms. The maximum Gasteiger partial charge on any atom is 0.300 e. The van der Waals surface area contributed by atoms with Crippen molar-refractivity contribution in [1.82, 2.24) is 0 Å². The molecule has 1 N–H and O–H groups in total. The molecule has 1 fully saturated rings. The fourth-order valence-corrected chi connectivity index (χ4v) is 0.200. The minimum Gasteiger partial charge on any atom is -0.481 e. The lowest BCUT2D eigenvalue weighted by Crippen LogP contribution is -2.09. The summed E-state index contributed by atoms with van der Waals surface area (Å²) in [7, 11) is 4.47. The molecule has 1 rings (SSSR count). The molecule has 1 aliphatic rings. The molecule has 0 aromatic rings. The standard InChI is InChI=1S/C4H10N.C2H4O2/c1-5(2)3-4-5;1-2(3)4/h3-4H2,1-2H3;1H3,(H,3,4)/q+1;. The molecule has 0 amide bonds. The van der Waals surface area contributed by atoms with Gasteiger partial charge in [0.2, 0.25) is 0 Å². The number of hydrogen-bond donors (Lipinski definition) is 1. The van der Waals surface area contributed by atoms with Crippen LogP contribution in [0.2, 0.25) is 0 Å². The van der Waals surface area contributed by atoms with Crippen molar-refractivity contribution in [1.29, 1.82) is 0 Å². The van der Waals surface area contributed by atoms with Crippen molar-refractivity contribution in [2.45, 2.75) is 6.92 Å².